The van der Waals surface area contributed by atoms with E-state index in [1.807, 2.05) is 36.4 Å². The summed E-state index contributed by atoms with van der Waals surface area (Å²) in [5, 5.41) is 1.98. The maximum Gasteiger partial charge on any atom is 0.160 e. The van der Waals surface area contributed by atoms with Crippen molar-refractivity contribution < 1.29 is 26.8 Å². The molecule has 0 saturated heterocycles. The van der Waals surface area contributed by atoms with Crippen LogP contribution in [0.3, 0.4) is 0 Å². The van der Waals surface area contributed by atoms with E-state index >= 15 is 0 Å². The first kappa shape index (κ1) is 17.5. The molecule has 0 saturated carbocycles. The molecule has 0 amide bonds. The molecule has 0 heterocycles. The van der Waals surface area contributed by atoms with Gasteiger partial charge >= 0.3 is 0 Å². The highest BCUT2D eigenvalue weighted by Gasteiger charge is 2.09. The average molecular weight is 308 g/mol. The third-order valence-electron chi connectivity index (χ3n) is 3.34. The summed E-state index contributed by atoms with van der Waals surface area (Å²) in [4.78, 5) is 13.1. The molecule has 0 aliphatic rings. The number of nitrogens with one attached hydrogen (secondary N) is 1. The van der Waals surface area contributed by atoms with E-state index < -0.39 is 0 Å². The van der Waals surface area contributed by atoms with Gasteiger partial charge in [0.25, 0.3) is 0 Å². The van der Waals surface area contributed by atoms with Crippen molar-refractivity contribution in [2.45, 2.75) is 13.3 Å². The minimum atomic E-state index is 0. The molecule has 2 aromatic carbocycles. The van der Waals surface area contributed by atoms with Crippen LogP contribution in [0.1, 0.15) is 23.7 Å². The number of hydrogen-bond donors (Lipinski definition) is 1. The number of ketones is 1. The molecule has 4 heteroatoms. The van der Waals surface area contributed by atoms with Crippen LogP contribution in [-0.2, 0) is 0 Å². The molecule has 1 N–H and O–H groups in total. The maximum absolute atomic E-state index is 11.7. The summed E-state index contributed by atoms with van der Waals surface area (Å²) in [5.41, 5.74) is 0.755. The molecule has 0 radical (unpaired) electrons. The number of carbonyl (C=O) groups is 1. The molecule has 2 aromatic rings. The van der Waals surface area contributed by atoms with Crippen LogP contribution in [-0.4, -0.2) is 33.0 Å². The molecular formula is C17H22ClNO2. The van der Waals surface area contributed by atoms with Gasteiger partial charge in [-0.05, 0) is 24.4 Å². The number of Topliss-reactive ketones (excluding diaryl/α,β-unsaturated/α-hetero) is 1. The van der Waals surface area contributed by atoms with Gasteiger partial charge in [0.15, 0.2) is 5.78 Å². The van der Waals surface area contributed by atoms with Gasteiger partial charge in [0, 0.05) is 17.4 Å². The Kier molecular flexibility index (Phi) is 6.66. The molecular weight excluding hydrogens is 286 g/mol. The van der Waals surface area contributed by atoms with Crippen molar-refractivity contribution in [3.05, 3.63) is 42.0 Å². The normalized spacial score (nSPS) is 10.5. The second kappa shape index (κ2) is 8.01. The molecule has 0 atom stereocenters. The topological polar surface area (TPSA) is 30.7 Å². The van der Waals surface area contributed by atoms with Crippen molar-refractivity contribution in [1.82, 2.24) is 0 Å². The van der Waals surface area contributed by atoms with E-state index in [-0.39, 0.29) is 18.2 Å². The van der Waals surface area contributed by atoms with Crippen molar-refractivity contribution in [2.24, 2.45) is 0 Å². The lowest BCUT2D eigenvalue weighted by molar-refractivity contribution is -0.858. The van der Waals surface area contributed by atoms with E-state index in [0.717, 1.165) is 35.1 Å². The Bertz CT molecular complexity index is 611. The number of benzene rings is 2. The number of quaternary nitrogens is 1. The Labute approximate surface area is 132 Å². The lowest BCUT2D eigenvalue weighted by Gasteiger charge is -2.12. The lowest BCUT2D eigenvalue weighted by atomic mass is 10.0. The van der Waals surface area contributed by atoms with Crippen molar-refractivity contribution in [3.63, 3.8) is 0 Å². The van der Waals surface area contributed by atoms with Gasteiger partial charge in [0.2, 0.25) is 0 Å². The number of hydrogen-bond acceptors (Lipinski definition) is 2. The molecule has 0 bridgehead atoms. The van der Waals surface area contributed by atoms with Gasteiger partial charge in [-0.3, -0.25) is 4.79 Å². The number of fused-ring (bicyclic) bond motifs is 1. The smallest absolute Gasteiger partial charge is 0.160 e. The minimum absolute atomic E-state index is 0. The average Bonchev–Trinajstić information content (AvgIpc) is 2.43. The zero-order valence-corrected chi connectivity index (χ0v) is 13.5. The summed E-state index contributed by atoms with van der Waals surface area (Å²) < 4.78 is 5.88. The fourth-order valence-electron chi connectivity index (χ4n) is 2.31. The first-order valence-electron chi connectivity index (χ1n) is 7.04. The molecule has 0 aromatic heterocycles. The predicted molar refractivity (Wildman–Crippen MR) is 81.7 cm³/mol. The van der Waals surface area contributed by atoms with Gasteiger partial charge in [-0.25, -0.2) is 0 Å². The summed E-state index contributed by atoms with van der Waals surface area (Å²) in [6, 6.07) is 11.7. The molecule has 0 spiro atoms. The lowest BCUT2D eigenvalue weighted by Crippen LogP contribution is -3.05. The fraction of sp³-hybridized carbons (Fsp3) is 0.353. The first-order valence-corrected chi connectivity index (χ1v) is 7.04. The molecule has 0 aliphatic carbocycles. The van der Waals surface area contributed by atoms with Crippen molar-refractivity contribution in [1.29, 1.82) is 0 Å². The Morgan fingerprint density at radius 1 is 1.10 bits per heavy atom. The predicted octanol–water partition coefficient (Wildman–Crippen LogP) is -1.04. The van der Waals surface area contributed by atoms with Crippen LogP contribution in [0.2, 0.25) is 0 Å². The van der Waals surface area contributed by atoms with Crippen molar-refractivity contribution in [3.8, 4) is 5.75 Å². The first-order chi connectivity index (χ1) is 9.59. The molecule has 114 valence electrons. The summed E-state index contributed by atoms with van der Waals surface area (Å²) in [7, 11) is 4.27. The molecule has 0 aliphatic heterocycles. The monoisotopic (exact) mass is 307 g/mol. The molecule has 0 unspecified atom stereocenters. The molecule has 0 fully saturated rings. The van der Waals surface area contributed by atoms with Gasteiger partial charge in [-0.15, -0.1) is 0 Å². The largest absolute Gasteiger partial charge is 1.00 e. The quantitative estimate of drug-likeness (QED) is 0.546. The van der Waals surface area contributed by atoms with Gasteiger partial charge < -0.3 is 22.0 Å². The third kappa shape index (κ3) is 4.45. The van der Waals surface area contributed by atoms with E-state index in [2.05, 4.69) is 14.1 Å². The van der Waals surface area contributed by atoms with E-state index in [1.54, 1.807) is 6.92 Å². The minimum Gasteiger partial charge on any atom is -1.00 e. The highest BCUT2D eigenvalue weighted by atomic mass is 35.5. The van der Waals surface area contributed by atoms with Crippen molar-refractivity contribution >= 4 is 16.6 Å². The van der Waals surface area contributed by atoms with Gasteiger partial charge in [0.1, 0.15) is 5.75 Å². The van der Waals surface area contributed by atoms with Crippen LogP contribution in [0.15, 0.2) is 36.4 Å². The van der Waals surface area contributed by atoms with E-state index in [0.29, 0.717) is 6.61 Å². The summed E-state index contributed by atoms with van der Waals surface area (Å²) in [6.07, 6.45) is 1.02. The van der Waals surface area contributed by atoms with Crippen LogP contribution in [0.5, 0.6) is 5.75 Å². The van der Waals surface area contributed by atoms with Crippen LogP contribution < -0.4 is 22.0 Å². The zero-order chi connectivity index (χ0) is 14.5. The number of halogens is 1. The number of carbonyl (C=O) groups excluding carboxylic acids is 1. The van der Waals surface area contributed by atoms with Crippen molar-refractivity contribution in [2.75, 3.05) is 27.2 Å². The molecule has 3 nitrogen and oxygen atoms in total. The summed E-state index contributed by atoms with van der Waals surface area (Å²) in [6.45, 7) is 3.39. The molecule has 21 heavy (non-hydrogen) atoms. The fourth-order valence-corrected chi connectivity index (χ4v) is 2.31. The third-order valence-corrected chi connectivity index (χ3v) is 3.34. The standard InChI is InChI=1S/C17H21NO2.ClH/c1-13(19)14-9-10-17(20-12-6-11-18(2)3)16-8-5-4-7-15(14)16;/h4-5,7-10H,6,11-12H2,1-3H3;1H. The van der Waals surface area contributed by atoms with E-state index in [9.17, 15) is 4.79 Å². The van der Waals surface area contributed by atoms with Gasteiger partial charge in [0.05, 0.1) is 27.2 Å². The van der Waals surface area contributed by atoms with E-state index in [1.165, 1.54) is 4.90 Å². The summed E-state index contributed by atoms with van der Waals surface area (Å²) >= 11 is 0. The van der Waals surface area contributed by atoms with Crippen LogP contribution in [0.25, 0.3) is 10.8 Å². The Morgan fingerprint density at radius 3 is 2.38 bits per heavy atom. The highest BCUT2D eigenvalue weighted by Crippen LogP contribution is 2.28. The van der Waals surface area contributed by atoms with Gasteiger partial charge in [-0.1, -0.05) is 24.3 Å². The van der Waals surface area contributed by atoms with Crippen LogP contribution in [0, 0.1) is 0 Å². The zero-order valence-electron chi connectivity index (χ0n) is 12.8. The maximum atomic E-state index is 11.7. The van der Waals surface area contributed by atoms with Gasteiger partial charge in [-0.2, -0.15) is 0 Å². The second-order valence-corrected chi connectivity index (χ2v) is 5.37. The SMILES string of the molecule is CC(=O)c1ccc(OCCC[NH+](C)C)c2ccccc12.[Cl-]. The Balaban J connectivity index is 0.00000220. The Hall–Kier alpha value is -1.58. The second-order valence-electron chi connectivity index (χ2n) is 5.37. The number of rotatable bonds is 6. The van der Waals surface area contributed by atoms with E-state index in [4.69, 9.17) is 4.74 Å². The number of ether oxygens (including phenoxy) is 1. The summed E-state index contributed by atoms with van der Waals surface area (Å²) in [5.74, 6) is 0.948. The van der Waals surface area contributed by atoms with Crippen LogP contribution >= 0.6 is 0 Å². The van der Waals surface area contributed by atoms with Crippen LogP contribution in [0.4, 0.5) is 0 Å². The highest BCUT2D eigenvalue weighted by molar-refractivity contribution is 6.08. The Morgan fingerprint density at radius 2 is 1.76 bits per heavy atom. The molecule has 2 rings (SSSR count).